The van der Waals surface area contributed by atoms with Crippen LogP contribution >= 0.6 is 0 Å². The highest BCUT2D eigenvalue weighted by Gasteiger charge is 2.53. The molecule has 2 amide bonds. The Hall–Kier alpha value is -7.20. The molecule has 5 aromatic rings. The summed E-state index contributed by atoms with van der Waals surface area (Å²) in [6.07, 6.45) is -2.56. The molecule has 2 aromatic carbocycles. The van der Waals surface area contributed by atoms with Crippen molar-refractivity contribution in [1.29, 1.82) is 0 Å². The van der Waals surface area contributed by atoms with Crippen LogP contribution in [-0.4, -0.2) is 258 Å². The standard InChI is InChI=1S/C55H86FN7O14.C14H12FN5O2.C8H19N.CH4/c1-14-43-55(10,70)47(65)35(6)60(12)27-31(2)25-53(8,69)49(33(4)46(34(5)50(67)75-43)76-44-26-54(9,71-13)48(66)36(7)73-44)77-51-45(64)42(23-32(3)72-51)59(11)22-19-37-28-62(58-57-37)29-39-30-63(52(68)74-39)38-17-18-41(40(56)24-38)61-20-15-16-21-61;15-12-7-10(3-4-13(12)19-5-1-2-6-19)20-9-11(8-17-18-16)22-14(20)21;1-6-9(7(2)3)8(4)5;/h15-18,20-21,24,28,31-36,39,42-49,51,64-66,69-70H,14,19,22-23,25-27,29-30H2,1-13H3;1-7,11H,8-9H2;7-8H,6H2,1-5H3;1H4/t31-,32-,33+,34-,35-,36+,39+,42+,43-,44+,45-,46+,47-,48+,49-,51+,53-,54-,55-;11-;;/m10../s1. The van der Waals surface area contributed by atoms with Crippen LogP contribution in [0.25, 0.3) is 21.8 Å². The lowest BCUT2D eigenvalue weighted by Crippen LogP contribution is -2.61. The van der Waals surface area contributed by atoms with E-state index in [4.69, 9.17) is 43.4 Å². The van der Waals surface area contributed by atoms with E-state index in [1.165, 1.54) is 36.0 Å². The smallest absolute Gasteiger partial charge is 0.414 e. The quantitative estimate of drug-likeness (QED) is 0.0150. The number of anilines is 2. The van der Waals surface area contributed by atoms with Gasteiger partial charge in [-0.15, -0.1) is 5.10 Å². The second-order valence-corrected chi connectivity index (χ2v) is 31.0. The normalized spacial score (nSPS) is 32.2. The van der Waals surface area contributed by atoms with E-state index in [2.05, 4.69) is 59.9 Å². The number of carbonyl (C=O) groups is 3. The number of aliphatic hydroxyl groups excluding tert-OH is 3. The number of methoxy groups -OCH3 is 1. The van der Waals surface area contributed by atoms with Gasteiger partial charge < -0.3 is 82.4 Å². The second kappa shape index (κ2) is 38.8. The molecule has 5 saturated heterocycles. The van der Waals surface area contributed by atoms with E-state index in [1.807, 2.05) is 37.7 Å². The van der Waals surface area contributed by atoms with Gasteiger partial charge in [0.05, 0.1) is 96.2 Å². The molecule has 5 fully saturated rings. The number of hydrogen-bond acceptors (Lipinski definition) is 22. The maximum Gasteiger partial charge on any atom is 0.414 e. The Morgan fingerprint density at radius 1 is 0.780 bits per heavy atom. The Morgan fingerprint density at radius 2 is 1.34 bits per heavy atom. The van der Waals surface area contributed by atoms with Gasteiger partial charge in [0.25, 0.3) is 0 Å². The minimum absolute atomic E-state index is 0. The number of nitrogens with zero attached hydrogens (tertiary/aromatic N) is 13. The van der Waals surface area contributed by atoms with Crippen LogP contribution in [-0.2, 0) is 55.7 Å². The topological polar surface area (TPSA) is 332 Å². The summed E-state index contributed by atoms with van der Waals surface area (Å²) in [4.78, 5) is 51.0. The van der Waals surface area contributed by atoms with Gasteiger partial charge in [0, 0.05) is 99.0 Å². The van der Waals surface area contributed by atoms with Crippen molar-refractivity contribution in [2.45, 2.75) is 265 Å². The first kappa shape index (κ1) is 89.0. The van der Waals surface area contributed by atoms with Crippen LogP contribution in [0.5, 0.6) is 0 Å². The number of halogens is 2. The molecule has 3 aromatic heterocycles. The van der Waals surface area contributed by atoms with E-state index >= 15 is 4.39 Å². The Labute approximate surface area is 640 Å². The molecule has 20 atom stereocenters. The number of ether oxygens (including phenoxy) is 8. The number of azide groups is 1. The molecule has 0 radical (unpaired) electrons. The highest BCUT2D eigenvalue weighted by molar-refractivity contribution is 5.90. The van der Waals surface area contributed by atoms with Crippen LogP contribution in [0.2, 0.25) is 0 Å². The first-order valence-corrected chi connectivity index (χ1v) is 37.7. The van der Waals surface area contributed by atoms with Crippen molar-refractivity contribution in [1.82, 2.24) is 38.8 Å². The first-order chi connectivity index (χ1) is 50.9. The molecular weight excluding hydrogens is 1410 g/mol. The van der Waals surface area contributed by atoms with Crippen molar-refractivity contribution in [3.8, 4) is 11.4 Å². The fourth-order valence-corrected chi connectivity index (χ4v) is 15.7. The molecular formula is C78H121F2N13O16. The van der Waals surface area contributed by atoms with Crippen molar-refractivity contribution in [2.24, 2.45) is 22.9 Å². The van der Waals surface area contributed by atoms with Gasteiger partial charge in [-0.2, -0.15) is 0 Å². The number of amides is 2. The van der Waals surface area contributed by atoms with Gasteiger partial charge in [0.1, 0.15) is 53.9 Å². The lowest BCUT2D eigenvalue weighted by atomic mass is 9.77. The van der Waals surface area contributed by atoms with Crippen LogP contribution in [0.1, 0.15) is 143 Å². The minimum atomic E-state index is -1.86. The van der Waals surface area contributed by atoms with E-state index in [0.29, 0.717) is 66.5 Å². The van der Waals surface area contributed by atoms with Crippen molar-refractivity contribution in [3.63, 3.8) is 0 Å². The van der Waals surface area contributed by atoms with Crippen LogP contribution in [0, 0.1) is 29.4 Å². The van der Waals surface area contributed by atoms with Gasteiger partial charge in [-0.1, -0.05) is 45.4 Å². The van der Waals surface area contributed by atoms with Crippen LogP contribution in [0.15, 0.2) is 96.8 Å². The van der Waals surface area contributed by atoms with Crippen LogP contribution < -0.4 is 9.80 Å². The minimum Gasteiger partial charge on any atom is -0.459 e. The van der Waals surface area contributed by atoms with Crippen LogP contribution in [0.4, 0.5) is 29.7 Å². The first-order valence-electron chi connectivity index (χ1n) is 37.7. The summed E-state index contributed by atoms with van der Waals surface area (Å²) in [7, 11) is 5.21. The molecule has 0 saturated carbocycles. The number of likely N-dealkylation sites (N-methyl/N-ethyl adjacent to an activating group) is 2. The van der Waals surface area contributed by atoms with Crippen molar-refractivity contribution in [3.05, 3.63) is 119 Å². The van der Waals surface area contributed by atoms with E-state index in [0.717, 1.165) is 6.54 Å². The van der Waals surface area contributed by atoms with E-state index in [1.54, 1.807) is 142 Å². The molecule has 31 heteroatoms. The van der Waals surface area contributed by atoms with E-state index in [-0.39, 0.29) is 58.8 Å². The van der Waals surface area contributed by atoms with Crippen LogP contribution in [0.3, 0.4) is 0 Å². The van der Waals surface area contributed by atoms with Crippen molar-refractivity contribution >= 4 is 29.5 Å². The average Bonchev–Trinajstić information content (AvgIpc) is 1.63. The number of hydrogen-bond donors (Lipinski definition) is 5. The van der Waals surface area contributed by atoms with Crippen molar-refractivity contribution in [2.75, 3.05) is 70.3 Å². The molecule has 0 aliphatic carbocycles. The SMILES string of the molecule is C.CCN(C(C)C)C(C)C.CC[C@H]1OC(=O)[C@H](C)[C@@H](O[C@H]2C[C@@](C)(OC)[C@@H](O)[C@H](C)O2)[C@H](C)[C@@H](O[C@@H]2O[C@H](C)C[C@H](N(C)CCc3cn(C[C@H]4CN(c5ccc(-n6cccc6)c(F)c5)C(=O)O4)nn3)[C@H]2O)[C@](C)(O)C[C@@H](C)CN(C)[C@H](C)[C@@H](O)[C@]1(C)O.[N-]=[N+]=NC[C@H]1CN(c2ccc(-n3cccc3)c(F)c2)C(=O)O1. The van der Waals surface area contributed by atoms with Gasteiger partial charge in [-0.25, -0.2) is 23.1 Å². The molecule has 109 heavy (non-hydrogen) atoms. The molecule has 5 N–H and O–H groups in total. The Balaban J connectivity index is 0.000000424. The van der Waals surface area contributed by atoms with Gasteiger partial charge in [0.15, 0.2) is 12.6 Å². The second-order valence-electron chi connectivity index (χ2n) is 31.0. The van der Waals surface area contributed by atoms with Gasteiger partial charge >= 0.3 is 18.2 Å². The molecule has 0 spiro atoms. The number of rotatable bonds is 21. The highest BCUT2D eigenvalue weighted by atomic mass is 19.1. The third-order valence-electron chi connectivity index (χ3n) is 21.8. The molecule has 5 aliphatic rings. The molecule has 608 valence electrons. The number of aromatic nitrogens is 5. The zero-order valence-electron chi connectivity index (χ0n) is 65.9. The number of esters is 1. The maximum absolute atomic E-state index is 15.1. The largest absolute Gasteiger partial charge is 0.459 e. The third-order valence-corrected chi connectivity index (χ3v) is 21.8. The lowest BCUT2D eigenvalue weighted by molar-refractivity contribution is -0.318. The number of carbonyl (C=O) groups excluding carboxylic acids is 3. The summed E-state index contributed by atoms with van der Waals surface area (Å²) in [5.74, 6) is -3.81. The predicted molar refractivity (Wildman–Crippen MR) is 407 cm³/mol. The monoisotopic (exact) mass is 1530 g/mol. The Bertz CT molecular complexity index is 3730. The summed E-state index contributed by atoms with van der Waals surface area (Å²) < 4.78 is 83.3. The van der Waals surface area contributed by atoms with Crippen molar-refractivity contribution < 1.29 is 86.6 Å². The molecule has 10 rings (SSSR count). The maximum atomic E-state index is 15.1. The van der Waals surface area contributed by atoms with Gasteiger partial charge in [-0.05, 0) is 188 Å². The van der Waals surface area contributed by atoms with E-state index < -0.39 is 144 Å². The fraction of sp³-hybridized carbons (Fsp3) is 0.679. The summed E-state index contributed by atoms with van der Waals surface area (Å²) in [6.45, 7) is 31.3. The van der Waals surface area contributed by atoms with Gasteiger partial charge in [0.2, 0.25) is 0 Å². The Morgan fingerprint density at radius 3 is 1.85 bits per heavy atom. The summed E-state index contributed by atoms with van der Waals surface area (Å²) in [5.41, 5.74) is 5.89. The summed E-state index contributed by atoms with van der Waals surface area (Å²) in [5, 5.41) is 71.9. The highest BCUT2D eigenvalue weighted by Crippen LogP contribution is 2.41. The zero-order chi connectivity index (χ0) is 79.4. The number of benzene rings is 2. The molecule has 29 nitrogen and oxygen atoms in total. The van der Waals surface area contributed by atoms with E-state index in [9.17, 15) is 44.3 Å². The Kier molecular flexibility index (Phi) is 31.7. The molecule has 8 heterocycles. The number of cyclic esters (lactones) is 3. The van der Waals surface area contributed by atoms with Gasteiger partial charge in [-0.3, -0.25) is 19.5 Å². The fourth-order valence-electron chi connectivity index (χ4n) is 15.7. The summed E-state index contributed by atoms with van der Waals surface area (Å²) in [6, 6.07) is 16.6. The lowest BCUT2D eigenvalue weighted by Gasteiger charge is -2.49. The number of aliphatic hydroxyl groups is 5. The summed E-state index contributed by atoms with van der Waals surface area (Å²) >= 11 is 0. The third kappa shape index (κ3) is 21.9. The molecule has 0 bridgehead atoms. The zero-order valence-corrected chi connectivity index (χ0v) is 65.9. The predicted octanol–water partition coefficient (Wildman–Crippen LogP) is 10.1. The molecule has 5 aliphatic heterocycles. The average molecular weight is 1530 g/mol. The molecule has 0 unspecified atom stereocenters.